The first-order valence-corrected chi connectivity index (χ1v) is 12.7. The van der Waals surface area contributed by atoms with Crippen LogP contribution in [0.4, 0.5) is 5.69 Å². The molecule has 3 fully saturated rings. The molecule has 29 heavy (non-hydrogen) atoms. The zero-order valence-electron chi connectivity index (χ0n) is 17.1. The Morgan fingerprint density at radius 3 is 2.31 bits per heavy atom. The highest BCUT2D eigenvalue weighted by Crippen LogP contribution is 2.37. The van der Waals surface area contributed by atoms with Crippen LogP contribution in [0.1, 0.15) is 50.5 Å². The summed E-state index contributed by atoms with van der Waals surface area (Å²) in [5.74, 6) is 0.393. The third kappa shape index (κ3) is 3.73. The second-order valence-electron chi connectivity index (χ2n) is 9.04. The summed E-state index contributed by atoms with van der Waals surface area (Å²) in [6, 6.07) is 5.88. The number of hydrogen-bond acceptors (Lipinski definition) is 4. The van der Waals surface area contributed by atoms with Crippen LogP contribution in [0, 0.1) is 5.92 Å². The molecule has 0 atom stereocenters. The molecule has 6 nitrogen and oxygen atoms in total. The van der Waals surface area contributed by atoms with Crippen molar-refractivity contribution in [1.29, 1.82) is 0 Å². The van der Waals surface area contributed by atoms with Crippen molar-refractivity contribution in [3.8, 4) is 0 Å². The Balaban J connectivity index is 1.27. The number of rotatable bonds is 4. The molecule has 0 aromatic heterocycles. The molecule has 3 aliphatic heterocycles. The summed E-state index contributed by atoms with van der Waals surface area (Å²) >= 11 is 0. The van der Waals surface area contributed by atoms with E-state index in [2.05, 4.69) is 4.90 Å². The number of carbonyl (C=O) groups excluding carboxylic acids is 1. The summed E-state index contributed by atoms with van der Waals surface area (Å²) in [5, 5.41) is 0. The fourth-order valence-electron chi connectivity index (χ4n) is 5.20. The molecule has 2 saturated heterocycles. The van der Waals surface area contributed by atoms with Gasteiger partial charge in [0.15, 0.2) is 0 Å². The Morgan fingerprint density at radius 1 is 0.897 bits per heavy atom. The molecule has 0 spiro atoms. The summed E-state index contributed by atoms with van der Waals surface area (Å²) < 4.78 is 28.1. The zero-order chi connectivity index (χ0) is 20.0. The zero-order valence-corrected chi connectivity index (χ0v) is 17.9. The van der Waals surface area contributed by atoms with Crippen molar-refractivity contribution in [1.82, 2.24) is 9.21 Å². The fraction of sp³-hybridized carbons (Fsp3) is 0.682. The van der Waals surface area contributed by atoms with Gasteiger partial charge in [-0.2, -0.15) is 4.31 Å². The van der Waals surface area contributed by atoms with E-state index in [9.17, 15) is 13.2 Å². The summed E-state index contributed by atoms with van der Waals surface area (Å²) in [7, 11) is -3.47. The van der Waals surface area contributed by atoms with E-state index < -0.39 is 10.0 Å². The fourth-order valence-corrected chi connectivity index (χ4v) is 6.72. The van der Waals surface area contributed by atoms with Gasteiger partial charge in [0.1, 0.15) is 0 Å². The quantitative estimate of drug-likeness (QED) is 0.756. The van der Waals surface area contributed by atoms with Crippen molar-refractivity contribution in [2.75, 3.05) is 37.6 Å². The van der Waals surface area contributed by atoms with Crippen LogP contribution in [0.25, 0.3) is 0 Å². The number of fused-ring (bicyclic) bond motifs is 1. The molecular weight excluding hydrogens is 386 g/mol. The third-order valence-corrected chi connectivity index (χ3v) is 9.00. The lowest BCUT2D eigenvalue weighted by atomic mass is 10.0. The minimum absolute atomic E-state index is 0.186. The molecule has 0 N–H and O–H groups in total. The average Bonchev–Trinajstić information content (AvgIpc) is 3.53. The van der Waals surface area contributed by atoms with Crippen LogP contribution in [-0.2, 0) is 21.2 Å². The number of anilines is 1. The van der Waals surface area contributed by atoms with E-state index >= 15 is 0 Å². The molecule has 158 valence electrons. The number of piperidine rings is 2. The first-order chi connectivity index (χ1) is 14.0. The Morgan fingerprint density at radius 2 is 1.62 bits per heavy atom. The highest BCUT2D eigenvalue weighted by atomic mass is 32.2. The van der Waals surface area contributed by atoms with Crippen molar-refractivity contribution in [2.45, 2.75) is 62.3 Å². The van der Waals surface area contributed by atoms with Gasteiger partial charge in [-0.25, -0.2) is 8.42 Å². The highest BCUT2D eigenvalue weighted by Gasteiger charge is 2.37. The van der Waals surface area contributed by atoms with Crippen LogP contribution in [0.2, 0.25) is 0 Å². The van der Waals surface area contributed by atoms with Crippen LogP contribution in [0.3, 0.4) is 0 Å². The first kappa shape index (κ1) is 19.5. The van der Waals surface area contributed by atoms with Crippen LogP contribution in [-0.4, -0.2) is 62.3 Å². The molecule has 1 aromatic rings. The number of amides is 1. The van der Waals surface area contributed by atoms with Gasteiger partial charge in [-0.3, -0.25) is 4.79 Å². The Kier molecular flexibility index (Phi) is 5.16. The van der Waals surface area contributed by atoms with Gasteiger partial charge >= 0.3 is 0 Å². The second-order valence-corrected chi connectivity index (χ2v) is 11.0. The van der Waals surface area contributed by atoms with E-state index in [0.717, 1.165) is 56.4 Å². The molecule has 1 aromatic carbocycles. The summed E-state index contributed by atoms with van der Waals surface area (Å²) in [6.45, 7) is 4.21. The lowest BCUT2D eigenvalue weighted by Crippen LogP contribution is -2.48. The minimum atomic E-state index is -3.47. The molecule has 3 heterocycles. The van der Waals surface area contributed by atoms with Gasteiger partial charge in [0.05, 0.1) is 4.90 Å². The molecule has 0 bridgehead atoms. The number of hydrogen-bond donors (Lipinski definition) is 0. The van der Waals surface area contributed by atoms with Crippen molar-refractivity contribution in [3.05, 3.63) is 23.8 Å². The Labute approximate surface area is 173 Å². The predicted molar refractivity (Wildman–Crippen MR) is 112 cm³/mol. The van der Waals surface area contributed by atoms with Crippen LogP contribution < -0.4 is 4.90 Å². The van der Waals surface area contributed by atoms with Crippen LogP contribution >= 0.6 is 0 Å². The van der Waals surface area contributed by atoms with Gasteiger partial charge in [-0.05, 0) is 81.8 Å². The molecule has 1 saturated carbocycles. The van der Waals surface area contributed by atoms with Gasteiger partial charge < -0.3 is 9.80 Å². The van der Waals surface area contributed by atoms with E-state index in [1.807, 2.05) is 17.0 Å². The number of benzene rings is 1. The Hall–Kier alpha value is -1.44. The normalized spacial score (nSPS) is 24.6. The molecular formula is C22H31N3O3S. The lowest BCUT2D eigenvalue weighted by molar-refractivity contribution is -0.119. The van der Waals surface area contributed by atoms with E-state index in [-0.39, 0.29) is 11.8 Å². The highest BCUT2D eigenvalue weighted by molar-refractivity contribution is 7.89. The van der Waals surface area contributed by atoms with Gasteiger partial charge in [0.25, 0.3) is 0 Å². The smallest absolute Gasteiger partial charge is 0.243 e. The van der Waals surface area contributed by atoms with E-state index in [0.29, 0.717) is 30.6 Å². The molecule has 4 aliphatic rings. The second kappa shape index (κ2) is 7.67. The number of nitrogens with zero attached hydrogens (tertiary/aromatic N) is 3. The standard InChI is InChI=1S/C22H31N3O3S/c26-22(17-4-5-17)25-15-8-18-16-20(6-7-21(18)25)29(27,28)24-13-9-19(10-14-24)23-11-2-1-3-12-23/h6-7,16-17,19H,1-5,8-15H2. The maximum absolute atomic E-state index is 13.2. The molecule has 1 aliphatic carbocycles. The van der Waals surface area contributed by atoms with Crippen molar-refractivity contribution >= 4 is 21.6 Å². The van der Waals surface area contributed by atoms with Gasteiger partial charge in [-0.1, -0.05) is 6.42 Å². The van der Waals surface area contributed by atoms with Gasteiger partial charge in [-0.15, -0.1) is 0 Å². The van der Waals surface area contributed by atoms with E-state index in [1.54, 1.807) is 10.4 Å². The van der Waals surface area contributed by atoms with Crippen molar-refractivity contribution in [2.24, 2.45) is 5.92 Å². The molecule has 1 amide bonds. The molecule has 5 rings (SSSR count). The number of sulfonamides is 1. The maximum Gasteiger partial charge on any atom is 0.243 e. The topological polar surface area (TPSA) is 60.9 Å². The van der Waals surface area contributed by atoms with E-state index in [4.69, 9.17) is 0 Å². The summed E-state index contributed by atoms with van der Waals surface area (Å²) in [5.41, 5.74) is 1.90. The maximum atomic E-state index is 13.2. The first-order valence-electron chi connectivity index (χ1n) is 11.2. The minimum Gasteiger partial charge on any atom is -0.312 e. The average molecular weight is 418 g/mol. The Bertz CT molecular complexity index is 883. The molecule has 7 heteroatoms. The van der Waals surface area contributed by atoms with Crippen molar-refractivity contribution < 1.29 is 13.2 Å². The third-order valence-electron chi connectivity index (χ3n) is 7.11. The van der Waals surface area contributed by atoms with E-state index in [1.165, 1.54) is 19.3 Å². The van der Waals surface area contributed by atoms with Gasteiger partial charge in [0, 0.05) is 37.3 Å². The SMILES string of the molecule is O=C(C1CC1)N1CCc2cc(S(=O)(=O)N3CCC(N4CCCCC4)CC3)ccc21. The number of carbonyl (C=O) groups is 1. The predicted octanol–water partition coefficient (Wildman–Crippen LogP) is 2.62. The molecule has 0 radical (unpaired) electrons. The van der Waals surface area contributed by atoms with Gasteiger partial charge in [0.2, 0.25) is 15.9 Å². The monoisotopic (exact) mass is 417 g/mol. The summed E-state index contributed by atoms with van der Waals surface area (Å²) in [6.07, 6.45) is 8.44. The number of likely N-dealkylation sites (tertiary alicyclic amines) is 1. The van der Waals surface area contributed by atoms with Crippen LogP contribution in [0.5, 0.6) is 0 Å². The van der Waals surface area contributed by atoms with Crippen LogP contribution in [0.15, 0.2) is 23.1 Å². The molecule has 0 unspecified atom stereocenters. The lowest BCUT2D eigenvalue weighted by Gasteiger charge is -2.39. The van der Waals surface area contributed by atoms with Crippen molar-refractivity contribution in [3.63, 3.8) is 0 Å². The largest absolute Gasteiger partial charge is 0.312 e. The summed E-state index contributed by atoms with van der Waals surface area (Å²) in [4.78, 5) is 17.3.